The molecule has 4 aromatic rings. The normalized spacial score (nSPS) is 9.39. The standard InChI is InChI=1S/C9H8ClFO3.C8H8ClFO2.C7H4ClFO2.C6H4ClFO.C6H15N.C4H9.C2H5ClO.CH3F.Li/c1-13-5-14-8-3-2-7(11)9(10)6(8)4-12;1-11-5-12-6-2-3-8(10)7(9)4-6;8-7-4(3-10)6(11)2-1-5(7)9;7-5-3-4(9)1-2-6(5)8;1-4-7(5-2)6-3;1-3-4-2;1-4-2-3;1-2;/h2-4H,5H2,1H3;2-4H,5H2,1H3;1-3,11H;1-3,9H;4-6H2,1-3H3;1,3-4H2,2H3;2H2,1H3;1H3;/q;;;;;-1;;;+1/i;;;;;;;1D;. The number of unbranched alkanes of at least 4 members (excludes halogenated alkanes) is 1. The summed E-state index contributed by atoms with van der Waals surface area (Å²) in [6.07, 6.45) is 3.02. The molecule has 0 aromatic heterocycles. The van der Waals surface area contributed by atoms with E-state index in [0.717, 1.165) is 36.8 Å². The molecule has 10 nitrogen and oxygen atoms in total. The second-order valence-electron chi connectivity index (χ2n) is 10.9. The summed E-state index contributed by atoms with van der Waals surface area (Å²) in [6, 6.07) is 12.4. The number of nitrogens with zero attached hydrogens (tertiary/aromatic N) is 1. The molecule has 4 aromatic carbocycles. The van der Waals surface area contributed by atoms with Crippen molar-refractivity contribution in [2.45, 2.75) is 40.5 Å². The number of rotatable bonds is 13. The maximum Gasteiger partial charge on any atom is 1.00 e. The number of ether oxygens (including phenoxy) is 5. The first-order valence-corrected chi connectivity index (χ1v) is 20.2. The Morgan fingerprint density at radius 2 is 1.09 bits per heavy atom. The molecule has 0 radical (unpaired) electrons. The van der Waals surface area contributed by atoms with Gasteiger partial charge in [-0.25, -0.2) is 17.6 Å². The number of aromatic hydroxyl groups is 2. The fourth-order valence-electron chi connectivity index (χ4n) is 3.42. The number of phenolic OH excluding ortho intramolecular Hbond substituents is 2. The van der Waals surface area contributed by atoms with Crippen molar-refractivity contribution in [3.63, 3.8) is 0 Å². The van der Waals surface area contributed by atoms with E-state index in [-0.39, 0.29) is 80.9 Å². The number of carbonyl (C=O) groups excluding carboxylic acids is 2. The molecular weight excluding hydrogens is 954 g/mol. The molecule has 64 heavy (non-hydrogen) atoms. The number of carbonyl (C=O) groups is 2. The first-order chi connectivity index (χ1) is 30.4. The molecule has 0 unspecified atom stereocenters. The molecule has 0 spiro atoms. The SMILES string of the molecule is CCN(CC)CC.COCCl.COCOc1ccc(F)c(Cl)c1.COCOc1ccc(F)c(Cl)c1C=O.O=Cc1c(O)ccc(F)c1Cl.Oc1ccc(F)c(Cl)c1.[2H]CF.[CH2-]CCC.[Li+]. The van der Waals surface area contributed by atoms with Gasteiger partial charge in [0.15, 0.2) is 26.2 Å². The summed E-state index contributed by atoms with van der Waals surface area (Å²) < 4.78 is 89.4. The molecule has 0 bridgehead atoms. The topological polar surface area (TPSA) is 124 Å². The molecule has 0 heterocycles. The third-order valence-electron chi connectivity index (χ3n) is 6.71. The Morgan fingerprint density at radius 1 is 0.688 bits per heavy atom. The number of alkyl halides is 2. The number of aldehydes is 2. The van der Waals surface area contributed by atoms with Gasteiger partial charge in [-0.1, -0.05) is 92.1 Å². The number of benzene rings is 4. The van der Waals surface area contributed by atoms with Gasteiger partial charge in [-0.15, -0.1) is 0 Å². The minimum Gasteiger partial charge on any atom is -0.508 e. The quantitative estimate of drug-likeness (QED) is 0.0334. The predicted octanol–water partition coefficient (Wildman–Crippen LogP) is 10.3. The second-order valence-corrected chi connectivity index (χ2v) is 12.7. The van der Waals surface area contributed by atoms with E-state index < -0.39 is 30.4 Å². The zero-order valence-corrected chi connectivity index (χ0v) is 40.8. The van der Waals surface area contributed by atoms with E-state index in [1.54, 1.807) is 7.11 Å². The van der Waals surface area contributed by atoms with Gasteiger partial charge in [-0.2, -0.15) is 6.42 Å². The minimum atomic E-state index is -1.00. The van der Waals surface area contributed by atoms with Crippen molar-refractivity contribution in [1.82, 2.24) is 4.90 Å². The van der Waals surface area contributed by atoms with Gasteiger partial charge in [0.25, 0.3) is 0 Å². The molecule has 21 heteroatoms. The summed E-state index contributed by atoms with van der Waals surface area (Å²) in [5.74, 6) is -2.00. The smallest absolute Gasteiger partial charge is 0.508 e. The third-order valence-corrected chi connectivity index (χ3v) is 8.28. The zero-order chi connectivity index (χ0) is 50.0. The molecule has 358 valence electrons. The summed E-state index contributed by atoms with van der Waals surface area (Å²) in [6.45, 7) is 15.9. The Labute approximate surface area is 412 Å². The minimum absolute atomic E-state index is 0. The molecule has 0 fully saturated rings. The summed E-state index contributed by atoms with van der Waals surface area (Å²) in [5, 5.41) is 17.0. The van der Waals surface area contributed by atoms with Crippen LogP contribution in [0.4, 0.5) is 22.0 Å². The van der Waals surface area contributed by atoms with E-state index in [4.69, 9.17) is 79.1 Å². The fourth-order valence-corrected chi connectivity index (χ4v) is 4.17. The summed E-state index contributed by atoms with van der Waals surface area (Å²) in [5.41, 5.74) is -0.226. The molecule has 4 rings (SSSR count). The van der Waals surface area contributed by atoms with Crippen LogP contribution in [0.15, 0.2) is 60.7 Å². The summed E-state index contributed by atoms with van der Waals surface area (Å²) in [7, 11) is 3.49. The van der Waals surface area contributed by atoms with E-state index in [2.05, 4.69) is 53.7 Å². The fraction of sp³-hybridized carbons (Fsp3) is 0.372. The molecule has 0 aliphatic rings. The van der Waals surface area contributed by atoms with Crippen LogP contribution in [0.3, 0.4) is 0 Å². The Morgan fingerprint density at radius 3 is 1.44 bits per heavy atom. The van der Waals surface area contributed by atoms with Crippen LogP contribution < -0.4 is 28.3 Å². The number of halogens is 10. The first kappa shape index (κ1) is 67.5. The zero-order valence-electron chi connectivity index (χ0n) is 38.0. The van der Waals surface area contributed by atoms with Crippen LogP contribution in [0.5, 0.6) is 23.0 Å². The van der Waals surface area contributed by atoms with E-state index >= 15 is 0 Å². The number of hydrogen-bond acceptors (Lipinski definition) is 10. The van der Waals surface area contributed by atoms with Crippen molar-refractivity contribution in [2.24, 2.45) is 0 Å². The molecule has 0 atom stereocenters. The van der Waals surface area contributed by atoms with Crippen LogP contribution in [0.2, 0.25) is 20.1 Å². The van der Waals surface area contributed by atoms with Crippen LogP contribution in [-0.2, 0) is 14.2 Å². The molecule has 0 amide bonds. The van der Waals surface area contributed by atoms with Crippen LogP contribution in [0.25, 0.3) is 0 Å². The molecule has 2 N–H and O–H groups in total. The molecule has 0 saturated carbocycles. The van der Waals surface area contributed by atoms with Crippen LogP contribution in [0, 0.1) is 30.2 Å². The summed E-state index contributed by atoms with van der Waals surface area (Å²) >= 11 is 26.6. The van der Waals surface area contributed by atoms with Crippen molar-refractivity contribution in [1.29, 1.82) is 0 Å². The number of phenols is 2. The largest absolute Gasteiger partial charge is 1.00 e. The van der Waals surface area contributed by atoms with E-state index in [0.29, 0.717) is 24.4 Å². The van der Waals surface area contributed by atoms with Gasteiger partial charge in [-0.3, -0.25) is 14.0 Å². The number of hydrogen-bond donors (Lipinski definition) is 2. The molecular formula is C43H56Cl5F5LiNO9. The van der Waals surface area contributed by atoms with Crippen molar-refractivity contribution in [3.05, 3.63) is 122 Å². The average molecular weight is 1010 g/mol. The van der Waals surface area contributed by atoms with Crippen LogP contribution in [0.1, 0.15) is 62.6 Å². The van der Waals surface area contributed by atoms with Gasteiger partial charge in [0.2, 0.25) is 0 Å². The average Bonchev–Trinajstić information content (AvgIpc) is 3.29. The Hall–Kier alpha value is -3.04. The van der Waals surface area contributed by atoms with Crippen LogP contribution >= 0.6 is 58.0 Å². The van der Waals surface area contributed by atoms with Gasteiger partial charge >= 0.3 is 18.9 Å². The summed E-state index contributed by atoms with van der Waals surface area (Å²) in [4.78, 5) is 23.2. The van der Waals surface area contributed by atoms with E-state index in [1.807, 2.05) is 0 Å². The van der Waals surface area contributed by atoms with Crippen molar-refractivity contribution in [3.8, 4) is 23.0 Å². The Balaban J connectivity index is -0.000000220. The van der Waals surface area contributed by atoms with Gasteiger partial charge in [0, 0.05) is 33.5 Å². The van der Waals surface area contributed by atoms with Crippen molar-refractivity contribution in [2.75, 3.05) is 67.8 Å². The van der Waals surface area contributed by atoms with Crippen molar-refractivity contribution >= 4 is 70.6 Å². The van der Waals surface area contributed by atoms with Gasteiger partial charge in [0.05, 0.1) is 39.7 Å². The van der Waals surface area contributed by atoms with Crippen LogP contribution in [-0.4, -0.2) is 95.5 Å². The number of methoxy groups -OCH3 is 3. The second kappa shape index (κ2) is 46.5. The van der Waals surface area contributed by atoms with Gasteiger partial charge < -0.3 is 45.7 Å². The monoisotopic (exact) mass is 1010 g/mol. The third kappa shape index (κ3) is 33.4. The molecule has 0 aliphatic heterocycles. The molecule has 0 saturated heterocycles. The van der Waals surface area contributed by atoms with Gasteiger partial charge in [-0.05, 0) is 68.2 Å². The van der Waals surface area contributed by atoms with Crippen molar-refractivity contribution < 1.29 is 85.7 Å². The Kier molecular flexibility index (Phi) is 49.1. The maximum absolute atomic E-state index is 12.9. The molecule has 0 aliphatic carbocycles. The van der Waals surface area contributed by atoms with Gasteiger partial charge in [0.1, 0.15) is 52.3 Å². The van der Waals surface area contributed by atoms with E-state index in [9.17, 15) is 31.5 Å². The maximum atomic E-state index is 12.9. The van der Waals surface area contributed by atoms with E-state index in [1.165, 1.54) is 70.6 Å². The first-order valence-electron chi connectivity index (χ1n) is 18.9. The predicted molar refractivity (Wildman–Crippen MR) is 243 cm³/mol. The Bertz CT molecular complexity index is 1800.